The number of carboxylic acid groups (broad SMARTS) is 1. The SMILES string of the molecule is CC[C@H](C)[C@H](NC(=O)Nc1c(F)cccc1Br)C(=O)O. The number of urea groups is 1. The standard InChI is InChI=1S/C13H16BrFN2O3/c1-3-7(2)10(12(18)19)16-13(20)17-11-8(14)5-4-6-9(11)15/h4-7,10H,3H2,1-2H3,(H,18,19)(H2,16,17,20)/t7-,10-/m0/s1. The topological polar surface area (TPSA) is 78.4 Å². The summed E-state index contributed by atoms with van der Waals surface area (Å²) in [7, 11) is 0. The molecule has 2 atom stereocenters. The number of amides is 2. The van der Waals surface area contributed by atoms with E-state index < -0.39 is 23.9 Å². The van der Waals surface area contributed by atoms with E-state index in [4.69, 9.17) is 5.11 Å². The largest absolute Gasteiger partial charge is 0.480 e. The Morgan fingerprint density at radius 1 is 1.45 bits per heavy atom. The Morgan fingerprint density at radius 3 is 2.60 bits per heavy atom. The lowest BCUT2D eigenvalue weighted by molar-refractivity contribution is -0.140. The average molecular weight is 347 g/mol. The van der Waals surface area contributed by atoms with Crippen LogP contribution in [0.1, 0.15) is 20.3 Å². The van der Waals surface area contributed by atoms with Gasteiger partial charge in [-0.15, -0.1) is 0 Å². The van der Waals surface area contributed by atoms with Gasteiger partial charge < -0.3 is 15.7 Å². The summed E-state index contributed by atoms with van der Waals surface area (Å²) in [5, 5.41) is 13.7. The smallest absolute Gasteiger partial charge is 0.326 e. The first kappa shape index (κ1) is 16.4. The number of halogens is 2. The molecule has 110 valence electrons. The molecule has 0 bridgehead atoms. The van der Waals surface area contributed by atoms with Crippen LogP contribution < -0.4 is 10.6 Å². The van der Waals surface area contributed by atoms with Crippen LogP contribution in [0.4, 0.5) is 14.9 Å². The van der Waals surface area contributed by atoms with Crippen LogP contribution in [-0.2, 0) is 4.79 Å². The summed E-state index contributed by atoms with van der Waals surface area (Å²) in [6.07, 6.45) is 0.598. The number of anilines is 1. The Hall–Kier alpha value is -1.63. The van der Waals surface area contributed by atoms with Crippen LogP contribution in [0, 0.1) is 11.7 Å². The van der Waals surface area contributed by atoms with Gasteiger partial charge in [-0.2, -0.15) is 0 Å². The van der Waals surface area contributed by atoms with Crippen molar-refractivity contribution in [1.82, 2.24) is 5.32 Å². The molecular formula is C13H16BrFN2O3. The Labute approximate surface area is 124 Å². The molecule has 0 spiro atoms. The first-order valence-corrected chi connectivity index (χ1v) is 6.90. The molecule has 0 unspecified atom stereocenters. The third-order valence-corrected chi connectivity index (χ3v) is 3.63. The van der Waals surface area contributed by atoms with E-state index in [2.05, 4.69) is 26.6 Å². The zero-order valence-electron chi connectivity index (χ0n) is 11.1. The number of aliphatic carboxylic acids is 1. The highest BCUT2D eigenvalue weighted by atomic mass is 79.9. The Balaban J connectivity index is 2.79. The summed E-state index contributed by atoms with van der Waals surface area (Å²) in [6.45, 7) is 3.55. The van der Waals surface area contributed by atoms with E-state index in [-0.39, 0.29) is 11.6 Å². The maximum Gasteiger partial charge on any atom is 0.326 e. The zero-order chi connectivity index (χ0) is 15.3. The van der Waals surface area contributed by atoms with Crippen molar-refractivity contribution in [2.45, 2.75) is 26.3 Å². The Bertz CT molecular complexity index is 490. The summed E-state index contributed by atoms with van der Waals surface area (Å²) in [4.78, 5) is 22.9. The third kappa shape index (κ3) is 4.19. The quantitative estimate of drug-likeness (QED) is 0.765. The highest BCUT2D eigenvalue weighted by molar-refractivity contribution is 9.10. The fourth-order valence-corrected chi connectivity index (χ4v) is 2.03. The van der Waals surface area contributed by atoms with E-state index in [1.54, 1.807) is 13.0 Å². The van der Waals surface area contributed by atoms with Gasteiger partial charge in [0, 0.05) is 4.47 Å². The van der Waals surface area contributed by atoms with E-state index >= 15 is 0 Å². The number of rotatable bonds is 5. The van der Waals surface area contributed by atoms with Crippen LogP contribution in [-0.4, -0.2) is 23.1 Å². The molecule has 0 aliphatic carbocycles. The molecule has 3 N–H and O–H groups in total. The lowest BCUT2D eigenvalue weighted by Crippen LogP contribution is -2.46. The molecule has 1 aromatic rings. The number of para-hydroxylation sites is 1. The predicted molar refractivity (Wildman–Crippen MR) is 77.1 cm³/mol. The number of hydrogen-bond acceptors (Lipinski definition) is 2. The first-order valence-electron chi connectivity index (χ1n) is 6.11. The molecule has 0 radical (unpaired) electrons. The highest BCUT2D eigenvalue weighted by Gasteiger charge is 2.25. The van der Waals surface area contributed by atoms with Gasteiger partial charge in [0.05, 0.1) is 5.69 Å². The molecule has 0 aromatic heterocycles. The summed E-state index contributed by atoms with van der Waals surface area (Å²) in [5.41, 5.74) is -0.0294. The molecule has 2 amide bonds. The zero-order valence-corrected chi connectivity index (χ0v) is 12.7. The summed E-state index contributed by atoms with van der Waals surface area (Å²) < 4.78 is 13.9. The van der Waals surface area contributed by atoms with Crippen LogP contribution in [0.2, 0.25) is 0 Å². The number of benzene rings is 1. The van der Waals surface area contributed by atoms with Crippen molar-refractivity contribution in [2.24, 2.45) is 5.92 Å². The van der Waals surface area contributed by atoms with Crippen molar-refractivity contribution in [3.05, 3.63) is 28.5 Å². The van der Waals surface area contributed by atoms with Crippen molar-refractivity contribution in [3.63, 3.8) is 0 Å². The van der Waals surface area contributed by atoms with E-state index in [1.807, 2.05) is 6.92 Å². The Kier molecular flexibility index (Phi) is 5.94. The monoisotopic (exact) mass is 346 g/mol. The van der Waals surface area contributed by atoms with Crippen molar-refractivity contribution in [3.8, 4) is 0 Å². The number of carbonyl (C=O) groups is 2. The molecule has 20 heavy (non-hydrogen) atoms. The van der Waals surface area contributed by atoms with Gasteiger partial charge in [0.1, 0.15) is 11.9 Å². The van der Waals surface area contributed by atoms with Crippen LogP contribution in [0.15, 0.2) is 22.7 Å². The van der Waals surface area contributed by atoms with E-state index in [0.717, 1.165) is 0 Å². The molecule has 0 saturated carbocycles. The van der Waals surface area contributed by atoms with E-state index in [9.17, 15) is 14.0 Å². The minimum atomic E-state index is -1.12. The maximum absolute atomic E-state index is 13.5. The number of carbonyl (C=O) groups excluding carboxylic acids is 1. The molecule has 1 rings (SSSR count). The Morgan fingerprint density at radius 2 is 2.10 bits per heavy atom. The average Bonchev–Trinajstić information content (AvgIpc) is 2.39. The van der Waals surface area contributed by atoms with Gasteiger partial charge in [0.2, 0.25) is 0 Å². The van der Waals surface area contributed by atoms with Crippen molar-refractivity contribution < 1.29 is 19.1 Å². The minimum Gasteiger partial charge on any atom is -0.480 e. The maximum atomic E-state index is 13.5. The fourth-order valence-electron chi connectivity index (χ4n) is 1.59. The predicted octanol–water partition coefficient (Wildman–Crippen LogP) is 3.21. The van der Waals surface area contributed by atoms with Crippen molar-refractivity contribution in [2.75, 3.05) is 5.32 Å². The van der Waals surface area contributed by atoms with Crippen LogP contribution >= 0.6 is 15.9 Å². The molecule has 1 aromatic carbocycles. The van der Waals surface area contributed by atoms with Gasteiger partial charge in [0.25, 0.3) is 0 Å². The first-order chi connectivity index (χ1) is 9.36. The second kappa shape index (κ2) is 7.23. The fraction of sp³-hybridized carbons (Fsp3) is 0.385. The normalized spacial score (nSPS) is 13.4. The van der Waals surface area contributed by atoms with Gasteiger partial charge in [-0.05, 0) is 34.0 Å². The molecule has 0 aliphatic rings. The van der Waals surface area contributed by atoms with Crippen molar-refractivity contribution in [1.29, 1.82) is 0 Å². The van der Waals surface area contributed by atoms with Crippen LogP contribution in [0.3, 0.4) is 0 Å². The third-order valence-electron chi connectivity index (χ3n) is 2.97. The second-order valence-electron chi connectivity index (χ2n) is 4.40. The van der Waals surface area contributed by atoms with Gasteiger partial charge in [0.15, 0.2) is 0 Å². The second-order valence-corrected chi connectivity index (χ2v) is 5.25. The molecule has 7 heteroatoms. The summed E-state index contributed by atoms with van der Waals surface area (Å²) in [5.74, 6) is -1.96. The summed E-state index contributed by atoms with van der Waals surface area (Å²) >= 11 is 3.11. The molecule has 0 aliphatic heterocycles. The van der Waals surface area contributed by atoms with Crippen LogP contribution in [0.25, 0.3) is 0 Å². The summed E-state index contributed by atoms with van der Waals surface area (Å²) in [6, 6.07) is 2.47. The number of carboxylic acids is 1. The number of nitrogens with one attached hydrogen (secondary N) is 2. The molecular weight excluding hydrogens is 331 g/mol. The van der Waals surface area contributed by atoms with E-state index in [0.29, 0.717) is 10.9 Å². The minimum absolute atomic E-state index is 0.0294. The van der Waals surface area contributed by atoms with Gasteiger partial charge >= 0.3 is 12.0 Å². The van der Waals surface area contributed by atoms with Crippen LogP contribution in [0.5, 0.6) is 0 Å². The lowest BCUT2D eigenvalue weighted by Gasteiger charge is -2.20. The van der Waals surface area contributed by atoms with Gasteiger partial charge in [-0.3, -0.25) is 0 Å². The van der Waals surface area contributed by atoms with Gasteiger partial charge in [-0.1, -0.05) is 26.3 Å². The molecule has 0 heterocycles. The van der Waals surface area contributed by atoms with Crippen molar-refractivity contribution >= 4 is 33.6 Å². The highest BCUT2D eigenvalue weighted by Crippen LogP contribution is 2.25. The van der Waals surface area contributed by atoms with Gasteiger partial charge in [-0.25, -0.2) is 14.0 Å². The molecule has 0 fully saturated rings. The molecule has 5 nitrogen and oxygen atoms in total. The number of hydrogen-bond donors (Lipinski definition) is 3. The van der Waals surface area contributed by atoms with E-state index in [1.165, 1.54) is 12.1 Å². The molecule has 0 saturated heterocycles. The lowest BCUT2D eigenvalue weighted by atomic mass is 9.99.